The second-order valence-electron chi connectivity index (χ2n) is 7.07. The first-order valence-electron chi connectivity index (χ1n) is 9.80. The van der Waals surface area contributed by atoms with Gasteiger partial charge in [-0.15, -0.1) is 0 Å². The van der Waals surface area contributed by atoms with E-state index in [0.717, 1.165) is 34.1 Å². The zero-order chi connectivity index (χ0) is 22.2. The molecule has 8 heteroatoms. The molecule has 0 bridgehead atoms. The number of carbonyl (C=O) groups excluding carboxylic acids is 2. The van der Waals surface area contributed by atoms with Crippen molar-refractivity contribution in [2.24, 2.45) is 0 Å². The van der Waals surface area contributed by atoms with E-state index in [9.17, 15) is 14.4 Å². The Kier molecular flexibility index (Phi) is 7.61. The quantitative estimate of drug-likeness (QED) is 0.372. The Bertz CT molecular complexity index is 1130. The number of nitrogens with one attached hydrogen (secondary N) is 3. The molecule has 1 heterocycles. The fourth-order valence-corrected chi connectivity index (χ4v) is 3.57. The summed E-state index contributed by atoms with van der Waals surface area (Å²) < 4.78 is 0. The molecule has 0 aliphatic heterocycles. The van der Waals surface area contributed by atoms with Gasteiger partial charge >= 0.3 is 0 Å². The third kappa shape index (κ3) is 6.82. The van der Waals surface area contributed by atoms with Crippen LogP contribution in [0.2, 0.25) is 0 Å². The molecule has 7 nitrogen and oxygen atoms in total. The van der Waals surface area contributed by atoms with Crippen LogP contribution in [0.25, 0.3) is 0 Å². The van der Waals surface area contributed by atoms with Crippen molar-refractivity contribution < 1.29 is 9.59 Å². The Balaban J connectivity index is 1.55. The lowest BCUT2D eigenvalue weighted by Crippen LogP contribution is -2.26. The molecule has 0 saturated carbocycles. The van der Waals surface area contributed by atoms with Crippen LogP contribution in [0.15, 0.2) is 64.5 Å². The van der Waals surface area contributed by atoms with Gasteiger partial charge in [-0.2, -0.15) is 0 Å². The lowest BCUT2D eigenvalue weighted by atomic mass is 10.1. The molecule has 3 aromatic rings. The van der Waals surface area contributed by atoms with Crippen LogP contribution < -0.4 is 16.2 Å². The fraction of sp³-hybridized carbons (Fsp3) is 0.217. The second-order valence-corrected chi connectivity index (χ2v) is 8.03. The van der Waals surface area contributed by atoms with Gasteiger partial charge in [-0.05, 0) is 36.6 Å². The fourth-order valence-electron chi connectivity index (χ4n) is 2.87. The monoisotopic (exact) mass is 436 g/mol. The number of carbonyl (C=O) groups is 2. The van der Waals surface area contributed by atoms with Crippen LogP contribution in [0, 0.1) is 13.8 Å². The topological polar surface area (TPSA) is 104 Å². The highest BCUT2D eigenvalue weighted by atomic mass is 32.2. The van der Waals surface area contributed by atoms with Crippen LogP contribution in [0.4, 0.5) is 5.69 Å². The molecule has 0 aliphatic carbocycles. The summed E-state index contributed by atoms with van der Waals surface area (Å²) in [5.41, 5.74) is 3.84. The number of H-pyrrole nitrogens is 1. The van der Waals surface area contributed by atoms with E-state index in [1.165, 1.54) is 6.07 Å². The summed E-state index contributed by atoms with van der Waals surface area (Å²) in [6, 6.07) is 16.6. The predicted octanol–water partition coefficient (Wildman–Crippen LogP) is 2.98. The van der Waals surface area contributed by atoms with Crippen molar-refractivity contribution in [3.05, 3.63) is 87.3 Å². The van der Waals surface area contributed by atoms with E-state index in [0.29, 0.717) is 17.4 Å². The van der Waals surface area contributed by atoms with Crippen LogP contribution in [-0.2, 0) is 22.6 Å². The maximum atomic E-state index is 12.3. The third-order valence-corrected chi connectivity index (χ3v) is 5.54. The Morgan fingerprint density at radius 1 is 1.03 bits per heavy atom. The van der Waals surface area contributed by atoms with E-state index in [-0.39, 0.29) is 29.5 Å². The number of thioether (sulfide) groups is 1. The van der Waals surface area contributed by atoms with E-state index in [4.69, 9.17) is 0 Å². The molecule has 0 fully saturated rings. The van der Waals surface area contributed by atoms with Gasteiger partial charge in [-0.1, -0.05) is 54.2 Å². The average Bonchev–Trinajstić information content (AvgIpc) is 2.74. The standard InChI is InChI=1S/C23H24N4O3S/c1-15-7-6-10-19(16(15)2)26-22(30)14-31-23-25-18(12-21(29)27-23)11-20(28)24-13-17-8-4-3-5-9-17/h3-10,12H,11,13-14H2,1-2H3,(H,24,28)(H,26,30)(H,25,27,29). The number of hydrogen-bond donors (Lipinski definition) is 3. The number of benzene rings is 2. The number of hydrogen-bond acceptors (Lipinski definition) is 5. The predicted molar refractivity (Wildman–Crippen MR) is 122 cm³/mol. The number of amides is 2. The third-order valence-electron chi connectivity index (χ3n) is 4.67. The highest BCUT2D eigenvalue weighted by molar-refractivity contribution is 7.99. The number of nitrogens with zero attached hydrogens (tertiary/aromatic N) is 1. The Morgan fingerprint density at radius 3 is 2.58 bits per heavy atom. The molecule has 3 N–H and O–H groups in total. The van der Waals surface area contributed by atoms with Crippen molar-refractivity contribution in [3.63, 3.8) is 0 Å². The highest BCUT2D eigenvalue weighted by Crippen LogP contribution is 2.19. The van der Waals surface area contributed by atoms with Crippen LogP contribution in [0.3, 0.4) is 0 Å². The lowest BCUT2D eigenvalue weighted by Gasteiger charge is -2.10. The number of rotatable bonds is 8. The second kappa shape index (κ2) is 10.6. The molecule has 2 amide bonds. The van der Waals surface area contributed by atoms with Gasteiger partial charge in [0.05, 0.1) is 17.9 Å². The molecule has 0 spiro atoms. The number of aromatic nitrogens is 2. The van der Waals surface area contributed by atoms with Crippen molar-refractivity contribution in [2.75, 3.05) is 11.1 Å². The van der Waals surface area contributed by atoms with Gasteiger partial charge in [0.1, 0.15) is 0 Å². The van der Waals surface area contributed by atoms with E-state index in [1.807, 2.05) is 62.4 Å². The molecular weight excluding hydrogens is 412 g/mol. The summed E-state index contributed by atoms with van der Waals surface area (Å²) in [5, 5.41) is 5.98. The van der Waals surface area contributed by atoms with Gasteiger partial charge in [0.25, 0.3) is 5.56 Å². The normalized spacial score (nSPS) is 10.5. The van der Waals surface area contributed by atoms with Crippen molar-refractivity contribution in [1.29, 1.82) is 0 Å². The maximum Gasteiger partial charge on any atom is 0.251 e. The number of aromatic amines is 1. The summed E-state index contributed by atoms with van der Waals surface area (Å²) in [6.07, 6.45) is -0.0149. The number of aryl methyl sites for hydroxylation is 1. The molecule has 0 saturated heterocycles. The number of anilines is 1. The highest BCUT2D eigenvalue weighted by Gasteiger charge is 2.11. The summed E-state index contributed by atoms with van der Waals surface area (Å²) in [7, 11) is 0. The lowest BCUT2D eigenvalue weighted by molar-refractivity contribution is -0.120. The SMILES string of the molecule is Cc1cccc(NC(=O)CSc2nc(CC(=O)NCc3ccccc3)cc(=O)[nH]2)c1C. The molecule has 1 aromatic heterocycles. The molecular formula is C23H24N4O3S. The van der Waals surface area contributed by atoms with E-state index in [1.54, 1.807) is 0 Å². The van der Waals surface area contributed by atoms with Gasteiger partial charge in [0, 0.05) is 18.3 Å². The molecule has 160 valence electrons. The molecule has 31 heavy (non-hydrogen) atoms. The van der Waals surface area contributed by atoms with Gasteiger partial charge < -0.3 is 15.6 Å². The van der Waals surface area contributed by atoms with Crippen molar-refractivity contribution in [3.8, 4) is 0 Å². The molecule has 3 rings (SSSR count). The van der Waals surface area contributed by atoms with Crippen molar-refractivity contribution in [2.45, 2.75) is 32.0 Å². The minimum absolute atomic E-state index is 0.0149. The molecule has 0 radical (unpaired) electrons. The summed E-state index contributed by atoms with van der Waals surface area (Å²) in [5.74, 6) is -0.349. The zero-order valence-corrected chi connectivity index (χ0v) is 18.2. The summed E-state index contributed by atoms with van der Waals surface area (Å²) in [4.78, 5) is 43.4. The van der Waals surface area contributed by atoms with Gasteiger partial charge in [0.2, 0.25) is 11.8 Å². The van der Waals surface area contributed by atoms with E-state index in [2.05, 4.69) is 20.6 Å². The first-order chi connectivity index (χ1) is 14.9. The van der Waals surface area contributed by atoms with Crippen molar-refractivity contribution >= 4 is 29.3 Å². The molecule has 0 aliphatic rings. The van der Waals surface area contributed by atoms with Crippen LogP contribution in [0.5, 0.6) is 0 Å². The van der Waals surface area contributed by atoms with Crippen LogP contribution >= 0.6 is 11.8 Å². The van der Waals surface area contributed by atoms with Gasteiger partial charge in [-0.25, -0.2) is 4.98 Å². The molecule has 0 atom stereocenters. The summed E-state index contributed by atoms with van der Waals surface area (Å²) in [6.45, 7) is 4.34. The molecule has 2 aromatic carbocycles. The minimum Gasteiger partial charge on any atom is -0.352 e. The van der Waals surface area contributed by atoms with Crippen LogP contribution in [0.1, 0.15) is 22.4 Å². The minimum atomic E-state index is -0.363. The maximum absolute atomic E-state index is 12.3. The Labute approximate surface area is 184 Å². The zero-order valence-electron chi connectivity index (χ0n) is 17.4. The Morgan fingerprint density at radius 2 is 1.81 bits per heavy atom. The first kappa shape index (κ1) is 22.3. The average molecular weight is 437 g/mol. The first-order valence-corrected chi connectivity index (χ1v) is 10.8. The van der Waals surface area contributed by atoms with Crippen LogP contribution in [-0.4, -0.2) is 27.5 Å². The molecule has 0 unspecified atom stereocenters. The van der Waals surface area contributed by atoms with E-state index < -0.39 is 0 Å². The summed E-state index contributed by atoms with van der Waals surface area (Å²) >= 11 is 1.11. The van der Waals surface area contributed by atoms with Gasteiger partial charge in [-0.3, -0.25) is 14.4 Å². The van der Waals surface area contributed by atoms with Gasteiger partial charge in [0.15, 0.2) is 5.16 Å². The Hall–Kier alpha value is -3.39. The largest absolute Gasteiger partial charge is 0.352 e. The van der Waals surface area contributed by atoms with Crippen molar-refractivity contribution in [1.82, 2.24) is 15.3 Å². The van der Waals surface area contributed by atoms with E-state index >= 15 is 0 Å². The smallest absolute Gasteiger partial charge is 0.251 e.